The van der Waals surface area contributed by atoms with Gasteiger partial charge in [0.2, 0.25) is 5.91 Å². The van der Waals surface area contributed by atoms with Crippen LogP contribution in [0.25, 0.3) is 0 Å². The molecule has 0 aliphatic carbocycles. The summed E-state index contributed by atoms with van der Waals surface area (Å²) in [5.74, 6) is -1.52. The standard InChI is InChI=1S/C11H13N3O5/c1-6(15)12-8-5-9(14(18)19)7(4-10(8)16)11(17)13(2)3/h4-5,16H,1-3H3,(H,12,15). The molecule has 0 radical (unpaired) electrons. The molecule has 1 aromatic carbocycles. The fourth-order valence-electron chi connectivity index (χ4n) is 1.43. The molecule has 1 aromatic rings. The van der Waals surface area contributed by atoms with Gasteiger partial charge in [0.1, 0.15) is 11.3 Å². The topological polar surface area (TPSA) is 113 Å². The molecule has 0 atom stereocenters. The Morgan fingerprint density at radius 2 is 1.95 bits per heavy atom. The van der Waals surface area contributed by atoms with Gasteiger partial charge in [0.05, 0.1) is 10.6 Å². The van der Waals surface area contributed by atoms with Crippen molar-refractivity contribution in [2.75, 3.05) is 19.4 Å². The summed E-state index contributed by atoms with van der Waals surface area (Å²) in [6, 6.07) is 1.92. The molecule has 0 saturated carbocycles. The van der Waals surface area contributed by atoms with E-state index in [9.17, 15) is 24.8 Å². The molecule has 0 unspecified atom stereocenters. The first-order valence-corrected chi connectivity index (χ1v) is 5.24. The molecule has 0 heterocycles. The largest absolute Gasteiger partial charge is 0.506 e. The van der Waals surface area contributed by atoms with E-state index in [0.717, 1.165) is 17.0 Å². The number of carbonyl (C=O) groups excluding carboxylic acids is 2. The number of phenolic OH excluding ortho intramolecular Hbond substituents is 1. The number of nitro groups is 1. The summed E-state index contributed by atoms with van der Waals surface area (Å²) in [7, 11) is 2.87. The number of aromatic hydroxyl groups is 1. The van der Waals surface area contributed by atoms with Gasteiger partial charge in [-0.1, -0.05) is 0 Å². The summed E-state index contributed by atoms with van der Waals surface area (Å²) in [6.45, 7) is 1.20. The van der Waals surface area contributed by atoms with Crippen molar-refractivity contribution in [1.82, 2.24) is 4.90 Å². The minimum absolute atomic E-state index is 0.116. The van der Waals surface area contributed by atoms with Crippen LogP contribution in [-0.2, 0) is 4.79 Å². The first-order chi connectivity index (χ1) is 8.73. The zero-order chi connectivity index (χ0) is 14.7. The van der Waals surface area contributed by atoms with Crippen LogP contribution < -0.4 is 5.32 Å². The van der Waals surface area contributed by atoms with E-state index in [2.05, 4.69) is 5.32 Å². The van der Waals surface area contributed by atoms with Crippen molar-refractivity contribution >= 4 is 23.2 Å². The van der Waals surface area contributed by atoms with Crippen LogP contribution in [0.1, 0.15) is 17.3 Å². The molecule has 0 aliphatic rings. The lowest BCUT2D eigenvalue weighted by Crippen LogP contribution is -2.22. The number of hydrogen-bond acceptors (Lipinski definition) is 5. The molecule has 2 amide bonds. The Hall–Kier alpha value is -2.64. The van der Waals surface area contributed by atoms with E-state index in [1.807, 2.05) is 0 Å². The third-order valence-corrected chi connectivity index (χ3v) is 2.26. The summed E-state index contributed by atoms with van der Waals surface area (Å²) in [4.78, 5) is 34.0. The van der Waals surface area contributed by atoms with E-state index < -0.39 is 28.2 Å². The predicted octanol–water partition coefficient (Wildman–Crippen LogP) is 0.961. The van der Waals surface area contributed by atoms with Gasteiger partial charge < -0.3 is 15.3 Å². The minimum Gasteiger partial charge on any atom is -0.506 e. The number of anilines is 1. The van der Waals surface area contributed by atoms with Gasteiger partial charge in [0.25, 0.3) is 11.6 Å². The van der Waals surface area contributed by atoms with Crippen LogP contribution in [0.15, 0.2) is 12.1 Å². The number of nitro benzene ring substituents is 1. The predicted molar refractivity (Wildman–Crippen MR) is 67.1 cm³/mol. The lowest BCUT2D eigenvalue weighted by Gasteiger charge is -2.12. The van der Waals surface area contributed by atoms with Crippen molar-refractivity contribution in [3.63, 3.8) is 0 Å². The lowest BCUT2D eigenvalue weighted by atomic mass is 10.1. The highest BCUT2D eigenvalue weighted by Crippen LogP contribution is 2.32. The number of nitrogens with zero attached hydrogens (tertiary/aromatic N) is 2. The minimum atomic E-state index is -0.749. The molecule has 0 spiro atoms. The number of carbonyl (C=O) groups is 2. The maximum absolute atomic E-state index is 11.8. The van der Waals surface area contributed by atoms with Gasteiger partial charge >= 0.3 is 0 Å². The molecule has 19 heavy (non-hydrogen) atoms. The van der Waals surface area contributed by atoms with Gasteiger partial charge in [-0.25, -0.2) is 0 Å². The number of nitrogens with one attached hydrogen (secondary N) is 1. The van der Waals surface area contributed by atoms with Crippen molar-refractivity contribution in [3.05, 3.63) is 27.8 Å². The van der Waals surface area contributed by atoms with Crippen molar-refractivity contribution in [2.24, 2.45) is 0 Å². The molecule has 2 N–H and O–H groups in total. The normalized spacial score (nSPS) is 9.84. The highest BCUT2D eigenvalue weighted by Gasteiger charge is 2.24. The second-order valence-corrected chi connectivity index (χ2v) is 4.02. The Labute approximate surface area is 108 Å². The molecule has 0 bridgehead atoms. The zero-order valence-corrected chi connectivity index (χ0v) is 10.6. The second-order valence-electron chi connectivity index (χ2n) is 4.02. The third-order valence-electron chi connectivity index (χ3n) is 2.26. The van der Waals surface area contributed by atoms with Gasteiger partial charge in [-0.2, -0.15) is 0 Å². The quantitative estimate of drug-likeness (QED) is 0.481. The number of rotatable bonds is 3. The van der Waals surface area contributed by atoms with E-state index in [4.69, 9.17) is 0 Å². The summed E-state index contributed by atoms with van der Waals surface area (Å²) in [5.41, 5.74) is -0.851. The van der Waals surface area contributed by atoms with Crippen LogP contribution in [0, 0.1) is 10.1 Å². The summed E-state index contributed by atoms with van der Waals surface area (Å²) in [5, 5.41) is 22.9. The SMILES string of the molecule is CC(=O)Nc1cc([N+](=O)[O-])c(C(=O)N(C)C)cc1O. The van der Waals surface area contributed by atoms with Gasteiger partial charge in [0, 0.05) is 33.2 Å². The van der Waals surface area contributed by atoms with E-state index in [1.165, 1.54) is 21.0 Å². The lowest BCUT2D eigenvalue weighted by molar-refractivity contribution is -0.385. The molecular formula is C11H13N3O5. The van der Waals surface area contributed by atoms with Crippen molar-refractivity contribution in [3.8, 4) is 5.75 Å². The molecule has 1 rings (SSSR count). The second kappa shape index (κ2) is 5.34. The Kier molecular flexibility index (Phi) is 4.05. The average Bonchev–Trinajstić information content (AvgIpc) is 2.29. The van der Waals surface area contributed by atoms with Gasteiger partial charge in [-0.05, 0) is 0 Å². The number of amides is 2. The number of benzene rings is 1. The van der Waals surface area contributed by atoms with E-state index in [0.29, 0.717) is 0 Å². The maximum atomic E-state index is 11.8. The average molecular weight is 267 g/mol. The van der Waals surface area contributed by atoms with Crippen molar-refractivity contribution < 1.29 is 19.6 Å². The number of hydrogen-bond donors (Lipinski definition) is 2. The first kappa shape index (κ1) is 14.4. The van der Waals surface area contributed by atoms with Gasteiger partial charge in [-0.3, -0.25) is 19.7 Å². The van der Waals surface area contributed by atoms with Crippen molar-refractivity contribution in [1.29, 1.82) is 0 Å². The smallest absolute Gasteiger partial charge is 0.284 e. The molecule has 8 heteroatoms. The Balaban J connectivity index is 3.41. The Bertz CT molecular complexity index is 554. The highest BCUT2D eigenvalue weighted by atomic mass is 16.6. The van der Waals surface area contributed by atoms with Crippen LogP contribution >= 0.6 is 0 Å². The van der Waals surface area contributed by atoms with E-state index >= 15 is 0 Å². The van der Waals surface area contributed by atoms with E-state index in [-0.39, 0.29) is 11.3 Å². The monoisotopic (exact) mass is 267 g/mol. The molecular weight excluding hydrogens is 254 g/mol. The van der Waals surface area contributed by atoms with Gasteiger partial charge in [0.15, 0.2) is 0 Å². The summed E-state index contributed by atoms with van der Waals surface area (Å²) in [6.07, 6.45) is 0. The molecule has 8 nitrogen and oxygen atoms in total. The van der Waals surface area contributed by atoms with Crippen molar-refractivity contribution in [2.45, 2.75) is 6.92 Å². The Morgan fingerprint density at radius 1 is 1.37 bits per heavy atom. The van der Waals surface area contributed by atoms with Crippen LogP contribution in [0.5, 0.6) is 5.75 Å². The first-order valence-electron chi connectivity index (χ1n) is 5.24. The van der Waals surface area contributed by atoms with Crippen LogP contribution in [-0.4, -0.2) is 40.8 Å². The fourth-order valence-corrected chi connectivity index (χ4v) is 1.43. The molecule has 0 aromatic heterocycles. The van der Waals surface area contributed by atoms with Crippen LogP contribution in [0.4, 0.5) is 11.4 Å². The molecule has 0 saturated heterocycles. The number of phenols is 1. The fraction of sp³-hybridized carbons (Fsp3) is 0.273. The highest BCUT2D eigenvalue weighted by molar-refractivity contribution is 6.00. The van der Waals surface area contributed by atoms with E-state index in [1.54, 1.807) is 0 Å². The van der Waals surface area contributed by atoms with Crippen LogP contribution in [0.2, 0.25) is 0 Å². The van der Waals surface area contributed by atoms with Gasteiger partial charge in [-0.15, -0.1) is 0 Å². The molecule has 102 valence electrons. The molecule has 0 fully saturated rings. The summed E-state index contributed by atoms with van der Waals surface area (Å²) < 4.78 is 0. The maximum Gasteiger partial charge on any atom is 0.284 e. The zero-order valence-electron chi connectivity index (χ0n) is 10.6. The molecule has 0 aliphatic heterocycles. The van der Waals surface area contributed by atoms with Crippen LogP contribution in [0.3, 0.4) is 0 Å². The third kappa shape index (κ3) is 3.18. The Morgan fingerprint density at radius 3 is 2.37 bits per heavy atom. The summed E-state index contributed by atoms with van der Waals surface area (Å²) >= 11 is 0.